The van der Waals surface area contributed by atoms with E-state index >= 15 is 0 Å². The van der Waals surface area contributed by atoms with E-state index in [-0.39, 0.29) is 11.6 Å². The summed E-state index contributed by atoms with van der Waals surface area (Å²) in [6, 6.07) is 26.4. The van der Waals surface area contributed by atoms with Gasteiger partial charge >= 0.3 is 5.97 Å². The first-order valence-electron chi connectivity index (χ1n) is 11.9. The molecule has 186 valence electrons. The number of carbonyl (C=O) groups excluding carboxylic acids is 1. The molecule has 0 amide bonds. The number of carbonyl (C=O) groups is 1. The Morgan fingerprint density at radius 3 is 2.51 bits per heavy atom. The summed E-state index contributed by atoms with van der Waals surface area (Å²) in [4.78, 5) is 14.8. The van der Waals surface area contributed by atoms with Gasteiger partial charge in [0.2, 0.25) is 0 Å². The van der Waals surface area contributed by atoms with Crippen molar-refractivity contribution in [2.45, 2.75) is 19.9 Å². The Kier molecular flexibility index (Phi) is 6.96. The molecular formula is C30H24ClFN2O2S. The lowest BCUT2D eigenvalue weighted by Gasteiger charge is -2.37. The SMILES string of the molecule is CCOC(=O)C1=C(C)N(c2ccc(F)c(Cl)c2)C(=S)NC1c1ccc(-c2cccc3ccccc23)cc1. The Labute approximate surface area is 225 Å². The third-order valence-corrected chi connectivity index (χ3v) is 7.08. The van der Waals surface area contributed by atoms with Crippen molar-refractivity contribution in [3.8, 4) is 11.1 Å². The van der Waals surface area contributed by atoms with E-state index in [2.05, 4.69) is 29.6 Å². The number of hydrogen-bond acceptors (Lipinski definition) is 3. The second kappa shape index (κ2) is 10.3. The molecule has 0 bridgehead atoms. The van der Waals surface area contributed by atoms with Crippen molar-refractivity contribution in [2.75, 3.05) is 11.5 Å². The molecule has 7 heteroatoms. The summed E-state index contributed by atoms with van der Waals surface area (Å²) in [5.74, 6) is -0.978. The van der Waals surface area contributed by atoms with E-state index in [1.54, 1.807) is 24.8 Å². The fraction of sp³-hybridized carbons (Fsp3) is 0.133. The van der Waals surface area contributed by atoms with Crippen LogP contribution in [0.2, 0.25) is 5.02 Å². The molecule has 0 saturated heterocycles. The maximum Gasteiger partial charge on any atom is 0.338 e. The summed E-state index contributed by atoms with van der Waals surface area (Å²) < 4.78 is 19.2. The Bertz CT molecular complexity index is 1550. The normalized spacial score (nSPS) is 15.6. The van der Waals surface area contributed by atoms with Crippen LogP contribution in [0.25, 0.3) is 21.9 Å². The van der Waals surface area contributed by atoms with Gasteiger partial charge < -0.3 is 10.1 Å². The van der Waals surface area contributed by atoms with Crippen LogP contribution >= 0.6 is 23.8 Å². The molecule has 4 aromatic carbocycles. The number of benzene rings is 4. The van der Waals surface area contributed by atoms with Crippen molar-refractivity contribution in [3.05, 3.63) is 113 Å². The zero-order valence-corrected chi connectivity index (χ0v) is 21.9. The van der Waals surface area contributed by atoms with Gasteiger partial charge in [0.15, 0.2) is 5.11 Å². The maximum atomic E-state index is 13.8. The number of ether oxygens (including phenoxy) is 1. The standard InChI is InChI=1S/C30H24ClFN2O2S/c1-3-36-29(35)27-18(2)34(22-15-16-26(32)25(31)17-22)30(37)33-28(27)21-13-11-20(12-14-21)24-10-6-8-19-7-4-5-9-23(19)24/h4-17,28H,3H2,1-2H3,(H,33,37). The van der Waals surface area contributed by atoms with Gasteiger partial charge in [0.1, 0.15) is 5.82 Å². The molecule has 0 spiro atoms. The summed E-state index contributed by atoms with van der Waals surface area (Å²) in [5.41, 5.74) is 4.63. The molecule has 1 aliphatic heterocycles. The largest absolute Gasteiger partial charge is 0.463 e. The van der Waals surface area contributed by atoms with Gasteiger partial charge in [0.25, 0.3) is 0 Å². The Balaban J connectivity index is 1.56. The summed E-state index contributed by atoms with van der Waals surface area (Å²) in [6.45, 7) is 3.80. The van der Waals surface area contributed by atoms with Gasteiger partial charge in [0.05, 0.1) is 23.2 Å². The van der Waals surface area contributed by atoms with Crippen LogP contribution in [0.5, 0.6) is 0 Å². The van der Waals surface area contributed by atoms with Gasteiger partial charge in [-0.15, -0.1) is 0 Å². The average Bonchev–Trinajstić information content (AvgIpc) is 2.90. The monoisotopic (exact) mass is 530 g/mol. The molecule has 4 aromatic rings. The zero-order valence-electron chi connectivity index (χ0n) is 20.3. The highest BCUT2D eigenvalue weighted by Gasteiger charge is 2.35. The van der Waals surface area contributed by atoms with Gasteiger partial charge in [-0.1, -0.05) is 78.3 Å². The predicted molar refractivity (Wildman–Crippen MR) is 151 cm³/mol. The fourth-order valence-electron chi connectivity index (χ4n) is 4.73. The Hall–Kier alpha value is -3.74. The number of esters is 1. The van der Waals surface area contributed by atoms with Crippen LogP contribution in [-0.4, -0.2) is 17.7 Å². The summed E-state index contributed by atoms with van der Waals surface area (Å²) in [5, 5.41) is 5.97. The third-order valence-electron chi connectivity index (χ3n) is 6.49. The minimum atomic E-state index is -0.530. The molecule has 0 aromatic heterocycles. The van der Waals surface area contributed by atoms with Crippen LogP contribution in [0.15, 0.2) is 96.2 Å². The van der Waals surface area contributed by atoms with E-state index in [4.69, 9.17) is 28.6 Å². The fourth-order valence-corrected chi connectivity index (χ4v) is 5.27. The van der Waals surface area contributed by atoms with Crippen LogP contribution in [0, 0.1) is 5.82 Å². The number of fused-ring (bicyclic) bond motifs is 1. The van der Waals surface area contributed by atoms with E-state index in [9.17, 15) is 9.18 Å². The first-order valence-corrected chi connectivity index (χ1v) is 12.7. The van der Waals surface area contributed by atoms with E-state index in [0.717, 1.165) is 16.7 Å². The molecule has 1 heterocycles. The van der Waals surface area contributed by atoms with Crippen LogP contribution in [-0.2, 0) is 9.53 Å². The molecule has 0 radical (unpaired) electrons. The Morgan fingerprint density at radius 1 is 1.05 bits per heavy atom. The minimum Gasteiger partial charge on any atom is -0.463 e. The quantitative estimate of drug-likeness (QED) is 0.213. The number of nitrogens with one attached hydrogen (secondary N) is 1. The first-order chi connectivity index (χ1) is 17.9. The highest BCUT2D eigenvalue weighted by Crippen LogP contribution is 2.36. The Morgan fingerprint density at radius 2 is 1.78 bits per heavy atom. The molecule has 1 atom stereocenters. The number of rotatable bonds is 5. The molecule has 4 nitrogen and oxygen atoms in total. The predicted octanol–water partition coefficient (Wildman–Crippen LogP) is 7.57. The molecule has 0 fully saturated rings. The van der Waals surface area contributed by atoms with E-state index in [0.29, 0.717) is 22.1 Å². The van der Waals surface area contributed by atoms with Crippen LogP contribution < -0.4 is 10.2 Å². The summed E-state index contributed by atoms with van der Waals surface area (Å²) in [6.07, 6.45) is 0. The van der Waals surface area contributed by atoms with E-state index in [1.165, 1.54) is 22.9 Å². The van der Waals surface area contributed by atoms with E-state index in [1.807, 2.05) is 42.5 Å². The molecule has 37 heavy (non-hydrogen) atoms. The molecule has 1 aliphatic rings. The summed E-state index contributed by atoms with van der Waals surface area (Å²) in [7, 11) is 0. The highest BCUT2D eigenvalue weighted by atomic mass is 35.5. The van der Waals surface area contributed by atoms with Gasteiger partial charge in [-0.05, 0) is 71.7 Å². The minimum absolute atomic E-state index is 0.0306. The number of allylic oxidation sites excluding steroid dienone is 1. The maximum absolute atomic E-state index is 13.8. The molecule has 0 saturated carbocycles. The van der Waals surface area contributed by atoms with Crippen molar-refractivity contribution in [2.24, 2.45) is 0 Å². The number of halogens is 2. The number of nitrogens with zero attached hydrogens (tertiary/aromatic N) is 1. The zero-order chi connectivity index (χ0) is 26.1. The van der Waals surface area contributed by atoms with E-state index < -0.39 is 17.8 Å². The van der Waals surface area contributed by atoms with Gasteiger partial charge in [-0.3, -0.25) is 4.90 Å². The van der Waals surface area contributed by atoms with Gasteiger partial charge in [0, 0.05) is 11.4 Å². The van der Waals surface area contributed by atoms with Crippen molar-refractivity contribution in [1.82, 2.24) is 5.32 Å². The third kappa shape index (κ3) is 4.70. The topological polar surface area (TPSA) is 41.6 Å². The first kappa shape index (κ1) is 24.9. The smallest absolute Gasteiger partial charge is 0.338 e. The van der Waals surface area contributed by atoms with Crippen LogP contribution in [0.1, 0.15) is 25.5 Å². The molecule has 0 aliphatic carbocycles. The molecular weight excluding hydrogens is 507 g/mol. The second-order valence-corrected chi connectivity index (χ2v) is 9.48. The van der Waals surface area contributed by atoms with Crippen LogP contribution in [0.4, 0.5) is 10.1 Å². The van der Waals surface area contributed by atoms with Crippen LogP contribution in [0.3, 0.4) is 0 Å². The van der Waals surface area contributed by atoms with Crippen molar-refractivity contribution in [3.63, 3.8) is 0 Å². The molecule has 5 rings (SSSR count). The van der Waals surface area contributed by atoms with Crippen molar-refractivity contribution >= 4 is 51.4 Å². The number of anilines is 1. The second-order valence-electron chi connectivity index (χ2n) is 8.68. The molecule has 1 unspecified atom stereocenters. The average molecular weight is 531 g/mol. The van der Waals surface area contributed by atoms with Crippen molar-refractivity contribution in [1.29, 1.82) is 0 Å². The molecule has 1 N–H and O–H groups in total. The lowest BCUT2D eigenvalue weighted by atomic mass is 9.92. The van der Waals surface area contributed by atoms with Crippen molar-refractivity contribution < 1.29 is 13.9 Å². The van der Waals surface area contributed by atoms with Gasteiger partial charge in [-0.2, -0.15) is 0 Å². The highest BCUT2D eigenvalue weighted by molar-refractivity contribution is 7.80. The lowest BCUT2D eigenvalue weighted by molar-refractivity contribution is -0.139. The number of hydrogen-bond donors (Lipinski definition) is 1. The van der Waals surface area contributed by atoms with Gasteiger partial charge in [-0.25, -0.2) is 9.18 Å². The summed E-state index contributed by atoms with van der Waals surface area (Å²) >= 11 is 11.7. The lowest BCUT2D eigenvalue weighted by Crippen LogP contribution is -2.48. The number of thiocarbonyl (C=S) groups is 1.